The summed E-state index contributed by atoms with van der Waals surface area (Å²) in [6.45, 7) is 0. The molecule has 1 heteroatoms. The normalized spacial score (nSPS) is 17.1. The standard InChI is InChI=1S/C11H11Br/c12-11-3-1-2-10(8-11)7-6-9-4-5-9/h1-3,6-9H,4-5H2/b7-6-. The third-order valence-corrected chi connectivity index (χ3v) is 2.52. The molecule has 0 atom stereocenters. The Morgan fingerprint density at radius 2 is 2.17 bits per heavy atom. The van der Waals surface area contributed by atoms with Crippen LogP contribution in [0.1, 0.15) is 18.4 Å². The van der Waals surface area contributed by atoms with Gasteiger partial charge in [-0.25, -0.2) is 0 Å². The van der Waals surface area contributed by atoms with E-state index in [1.54, 1.807) is 0 Å². The first-order valence-corrected chi connectivity index (χ1v) is 5.08. The van der Waals surface area contributed by atoms with Crippen LogP contribution in [0.3, 0.4) is 0 Å². The molecule has 0 N–H and O–H groups in total. The number of halogens is 1. The third-order valence-electron chi connectivity index (χ3n) is 2.03. The third kappa shape index (κ3) is 2.21. The summed E-state index contributed by atoms with van der Waals surface area (Å²) in [7, 11) is 0. The van der Waals surface area contributed by atoms with Gasteiger partial charge in [-0.1, -0.05) is 40.2 Å². The van der Waals surface area contributed by atoms with Crippen LogP contribution in [-0.2, 0) is 0 Å². The van der Waals surface area contributed by atoms with Crippen molar-refractivity contribution in [3.8, 4) is 0 Å². The second-order valence-electron chi connectivity index (χ2n) is 3.25. The van der Waals surface area contributed by atoms with Gasteiger partial charge in [0.25, 0.3) is 0 Å². The highest BCUT2D eigenvalue weighted by molar-refractivity contribution is 9.10. The zero-order valence-corrected chi connectivity index (χ0v) is 8.42. The fourth-order valence-corrected chi connectivity index (χ4v) is 1.56. The number of allylic oxidation sites excluding steroid dienone is 1. The lowest BCUT2D eigenvalue weighted by Crippen LogP contribution is -1.71. The van der Waals surface area contributed by atoms with Crippen molar-refractivity contribution in [1.82, 2.24) is 0 Å². The van der Waals surface area contributed by atoms with Crippen molar-refractivity contribution in [3.63, 3.8) is 0 Å². The van der Waals surface area contributed by atoms with Crippen LogP contribution in [-0.4, -0.2) is 0 Å². The van der Waals surface area contributed by atoms with E-state index >= 15 is 0 Å². The molecule has 1 aliphatic carbocycles. The van der Waals surface area contributed by atoms with E-state index in [2.05, 4.69) is 52.3 Å². The maximum atomic E-state index is 3.45. The summed E-state index contributed by atoms with van der Waals surface area (Å²) in [5.41, 5.74) is 1.29. The summed E-state index contributed by atoms with van der Waals surface area (Å²) in [6.07, 6.45) is 7.28. The van der Waals surface area contributed by atoms with E-state index in [1.807, 2.05) is 0 Å². The summed E-state index contributed by atoms with van der Waals surface area (Å²) in [5, 5.41) is 0. The lowest BCUT2D eigenvalue weighted by molar-refractivity contribution is 1.13. The van der Waals surface area contributed by atoms with E-state index in [1.165, 1.54) is 18.4 Å². The summed E-state index contributed by atoms with van der Waals surface area (Å²) in [4.78, 5) is 0. The van der Waals surface area contributed by atoms with E-state index < -0.39 is 0 Å². The molecule has 0 spiro atoms. The minimum absolute atomic E-state index is 0.865. The molecule has 0 nitrogen and oxygen atoms in total. The zero-order chi connectivity index (χ0) is 8.39. The molecule has 1 aromatic carbocycles. The lowest BCUT2D eigenvalue weighted by Gasteiger charge is -1.93. The van der Waals surface area contributed by atoms with E-state index in [-0.39, 0.29) is 0 Å². The average Bonchev–Trinajstić information content (AvgIpc) is 2.84. The van der Waals surface area contributed by atoms with Crippen molar-refractivity contribution in [3.05, 3.63) is 40.4 Å². The molecule has 0 radical (unpaired) electrons. The SMILES string of the molecule is Brc1cccc(/C=C\C2CC2)c1. The van der Waals surface area contributed by atoms with E-state index in [4.69, 9.17) is 0 Å². The molecule has 62 valence electrons. The quantitative estimate of drug-likeness (QED) is 0.713. The molecule has 0 aromatic heterocycles. The van der Waals surface area contributed by atoms with Crippen LogP contribution in [0.15, 0.2) is 34.8 Å². The molecule has 0 aliphatic heterocycles. The first-order chi connectivity index (χ1) is 5.84. The summed E-state index contributed by atoms with van der Waals surface area (Å²) in [5.74, 6) is 0.865. The molecule has 1 aromatic rings. The first-order valence-electron chi connectivity index (χ1n) is 4.28. The highest BCUT2D eigenvalue weighted by Crippen LogP contribution is 2.30. The zero-order valence-electron chi connectivity index (χ0n) is 6.83. The van der Waals surface area contributed by atoms with Crippen LogP contribution < -0.4 is 0 Å². The van der Waals surface area contributed by atoms with Crippen molar-refractivity contribution >= 4 is 22.0 Å². The van der Waals surface area contributed by atoms with Gasteiger partial charge in [0.1, 0.15) is 0 Å². The van der Waals surface area contributed by atoms with Crippen molar-refractivity contribution in [2.24, 2.45) is 5.92 Å². The number of hydrogen-bond donors (Lipinski definition) is 0. The minimum atomic E-state index is 0.865. The molecule has 1 aliphatic rings. The fraction of sp³-hybridized carbons (Fsp3) is 0.273. The molecule has 2 rings (SSSR count). The Morgan fingerprint density at radius 3 is 2.83 bits per heavy atom. The number of rotatable bonds is 2. The van der Waals surface area contributed by atoms with Crippen LogP contribution in [0.5, 0.6) is 0 Å². The Bertz CT molecular complexity index is 298. The smallest absolute Gasteiger partial charge is 0.0181 e. The monoisotopic (exact) mass is 222 g/mol. The molecule has 12 heavy (non-hydrogen) atoms. The second-order valence-corrected chi connectivity index (χ2v) is 4.17. The fourth-order valence-electron chi connectivity index (χ4n) is 1.15. The topological polar surface area (TPSA) is 0 Å². The van der Waals surface area contributed by atoms with Crippen LogP contribution in [0.25, 0.3) is 6.08 Å². The Labute approximate surface area is 81.4 Å². The predicted molar refractivity (Wildman–Crippen MR) is 55.9 cm³/mol. The largest absolute Gasteiger partial charge is 0.0808 e. The van der Waals surface area contributed by atoms with E-state index in [0.717, 1.165) is 10.4 Å². The predicted octanol–water partition coefficient (Wildman–Crippen LogP) is 3.87. The van der Waals surface area contributed by atoms with Crippen molar-refractivity contribution in [2.45, 2.75) is 12.8 Å². The van der Waals surface area contributed by atoms with E-state index in [9.17, 15) is 0 Å². The van der Waals surface area contributed by atoms with Gasteiger partial charge in [-0.3, -0.25) is 0 Å². The number of benzene rings is 1. The number of hydrogen-bond acceptors (Lipinski definition) is 0. The highest BCUT2D eigenvalue weighted by atomic mass is 79.9. The molecular formula is C11H11Br. The van der Waals surface area contributed by atoms with Gasteiger partial charge in [-0.15, -0.1) is 0 Å². The van der Waals surface area contributed by atoms with Crippen molar-refractivity contribution in [2.75, 3.05) is 0 Å². The second kappa shape index (κ2) is 3.44. The summed E-state index contributed by atoms with van der Waals surface area (Å²) < 4.78 is 1.15. The molecule has 0 unspecified atom stereocenters. The van der Waals surface area contributed by atoms with Gasteiger partial charge in [0.05, 0.1) is 0 Å². The van der Waals surface area contributed by atoms with E-state index in [0.29, 0.717) is 0 Å². The van der Waals surface area contributed by atoms with Crippen LogP contribution in [0.2, 0.25) is 0 Å². The Morgan fingerprint density at radius 1 is 1.33 bits per heavy atom. The Hall–Kier alpha value is -0.560. The molecule has 0 saturated heterocycles. The van der Waals surface area contributed by atoms with Gasteiger partial charge < -0.3 is 0 Å². The average molecular weight is 223 g/mol. The molecule has 1 saturated carbocycles. The van der Waals surface area contributed by atoms with Gasteiger partial charge in [-0.2, -0.15) is 0 Å². The summed E-state index contributed by atoms with van der Waals surface area (Å²) >= 11 is 3.45. The summed E-state index contributed by atoms with van der Waals surface area (Å²) in [6, 6.07) is 8.38. The van der Waals surface area contributed by atoms with Crippen molar-refractivity contribution < 1.29 is 0 Å². The molecule has 1 fully saturated rings. The molecule has 0 amide bonds. The highest BCUT2D eigenvalue weighted by Gasteiger charge is 2.16. The lowest BCUT2D eigenvalue weighted by atomic mass is 10.2. The van der Waals surface area contributed by atoms with Gasteiger partial charge in [0, 0.05) is 4.47 Å². The first kappa shape index (κ1) is 8.06. The minimum Gasteiger partial charge on any atom is -0.0808 e. The van der Waals surface area contributed by atoms with Crippen molar-refractivity contribution in [1.29, 1.82) is 0 Å². The molecular weight excluding hydrogens is 212 g/mol. The van der Waals surface area contributed by atoms with Crippen LogP contribution in [0, 0.1) is 5.92 Å². The van der Waals surface area contributed by atoms with Crippen LogP contribution >= 0.6 is 15.9 Å². The van der Waals surface area contributed by atoms with Crippen LogP contribution in [0.4, 0.5) is 0 Å². The van der Waals surface area contributed by atoms with Gasteiger partial charge in [0.15, 0.2) is 0 Å². The maximum Gasteiger partial charge on any atom is 0.0181 e. The Kier molecular flexibility index (Phi) is 2.31. The maximum absolute atomic E-state index is 3.45. The molecule has 0 bridgehead atoms. The van der Waals surface area contributed by atoms with Gasteiger partial charge in [0.2, 0.25) is 0 Å². The van der Waals surface area contributed by atoms with Gasteiger partial charge in [-0.05, 0) is 36.5 Å². The Balaban J connectivity index is 2.11. The molecule has 0 heterocycles. The van der Waals surface area contributed by atoms with Gasteiger partial charge >= 0.3 is 0 Å².